The smallest absolute Gasteiger partial charge is 0.412 e. The quantitative estimate of drug-likeness (QED) is 0.538. The van der Waals surface area contributed by atoms with E-state index in [0.717, 1.165) is 22.3 Å². The van der Waals surface area contributed by atoms with E-state index in [0.29, 0.717) is 6.42 Å². The number of hydrogen-bond acceptors (Lipinski definition) is 6. The summed E-state index contributed by atoms with van der Waals surface area (Å²) in [6, 6.07) is 7.02. The van der Waals surface area contributed by atoms with Gasteiger partial charge in [-0.05, 0) is 38.3 Å². The fraction of sp³-hybridized carbons (Fsp3) is 0.529. The number of ether oxygens (including phenoxy) is 1. The lowest BCUT2D eigenvalue weighted by Gasteiger charge is -2.27. The lowest BCUT2D eigenvalue weighted by Crippen LogP contribution is -2.38. The maximum Gasteiger partial charge on any atom is 0.412 e. The van der Waals surface area contributed by atoms with Crippen molar-refractivity contribution in [1.82, 2.24) is 4.90 Å². The first kappa shape index (κ1) is 21.9. The second kappa shape index (κ2) is 9.00. The Labute approximate surface area is 153 Å². The minimum atomic E-state index is -3.72. The molecule has 0 aliphatic rings. The van der Waals surface area contributed by atoms with E-state index < -0.39 is 34.5 Å². The zero-order chi connectivity index (χ0) is 20.0. The third-order valence-corrected chi connectivity index (χ3v) is 3.63. The zero-order valence-electron chi connectivity index (χ0n) is 15.4. The minimum Gasteiger partial charge on any atom is -0.481 e. The lowest BCUT2D eigenvalue weighted by molar-refractivity contribution is -0.136. The molecule has 0 saturated carbocycles. The summed E-state index contributed by atoms with van der Waals surface area (Å²) in [5.41, 5.74) is 0.848. The molecule has 0 saturated heterocycles. The SMILES string of the molecule is CC(C)(C)OC(=O)N(COS(C)(=O)=O)Cc1ccc(CCC(=O)O)cc1. The first-order valence-electron chi connectivity index (χ1n) is 7.98. The van der Waals surface area contributed by atoms with Gasteiger partial charge in [0.15, 0.2) is 0 Å². The van der Waals surface area contributed by atoms with Gasteiger partial charge >= 0.3 is 12.1 Å². The van der Waals surface area contributed by atoms with Crippen molar-refractivity contribution in [3.63, 3.8) is 0 Å². The maximum atomic E-state index is 12.3. The summed E-state index contributed by atoms with van der Waals surface area (Å²) in [5.74, 6) is -0.872. The maximum absolute atomic E-state index is 12.3. The summed E-state index contributed by atoms with van der Waals surface area (Å²) >= 11 is 0. The molecule has 0 radical (unpaired) electrons. The summed E-state index contributed by atoms with van der Waals surface area (Å²) in [5, 5.41) is 8.71. The van der Waals surface area contributed by atoms with Crippen LogP contribution in [0.5, 0.6) is 0 Å². The van der Waals surface area contributed by atoms with Crippen LogP contribution in [0.2, 0.25) is 0 Å². The first-order valence-corrected chi connectivity index (χ1v) is 9.79. The van der Waals surface area contributed by atoms with Crippen LogP contribution in [0.1, 0.15) is 38.3 Å². The molecular formula is C17H25NO7S. The van der Waals surface area contributed by atoms with Crippen molar-refractivity contribution in [1.29, 1.82) is 0 Å². The molecule has 0 aromatic heterocycles. The van der Waals surface area contributed by atoms with Gasteiger partial charge in [0, 0.05) is 6.42 Å². The van der Waals surface area contributed by atoms with Gasteiger partial charge in [-0.15, -0.1) is 0 Å². The molecule has 0 aliphatic carbocycles. The Hall–Kier alpha value is -2.13. The fourth-order valence-electron chi connectivity index (χ4n) is 1.93. The molecule has 8 nitrogen and oxygen atoms in total. The summed E-state index contributed by atoms with van der Waals surface area (Å²) in [6.45, 7) is 4.74. The van der Waals surface area contributed by atoms with Crippen molar-refractivity contribution < 1.29 is 32.0 Å². The molecule has 0 fully saturated rings. The van der Waals surface area contributed by atoms with Gasteiger partial charge in [0.05, 0.1) is 12.8 Å². The van der Waals surface area contributed by atoms with E-state index >= 15 is 0 Å². The van der Waals surface area contributed by atoms with Crippen LogP contribution in [0.25, 0.3) is 0 Å². The zero-order valence-corrected chi connectivity index (χ0v) is 16.2. The highest BCUT2D eigenvalue weighted by molar-refractivity contribution is 7.85. The van der Waals surface area contributed by atoms with Gasteiger partial charge in [-0.25, -0.2) is 8.98 Å². The van der Waals surface area contributed by atoms with Crippen molar-refractivity contribution in [2.45, 2.75) is 45.8 Å². The fourth-order valence-corrected chi connectivity index (χ4v) is 2.25. The van der Waals surface area contributed by atoms with Crippen molar-refractivity contribution in [2.75, 3.05) is 13.0 Å². The second-order valence-corrected chi connectivity index (χ2v) is 8.48. The highest BCUT2D eigenvalue weighted by Crippen LogP contribution is 2.14. The Balaban J connectivity index is 2.83. The van der Waals surface area contributed by atoms with Crippen LogP contribution < -0.4 is 0 Å². The summed E-state index contributed by atoms with van der Waals surface area (Å²) < 4.78 is 32.4. The Morgan fingerprint density at radius 3 is 2.12 bits per heavy atom. The number of carbonyl (C=O) groups is 2. The molecule has 0 unspecified atom stereocenters. The van der Waals surface area contributed by atoms with Crippen LogP contribution in [0.15, 0.2) is 24.3 Å². The predicted octanol–water partition coefficient (Wildman–Crippen LogP) is 2.37. The van der Waals surface area contributed by atoms with Gasteiger partial charge in [0.25, 0.3) is 10.1 Å². The number of amides is 1. The molecule has 9 heteroatoms. The number of carboxylic acids is 1. The van der Waals surface area contributed by atoms with Gasteiger partial charge in [-0.2, -0.15) is 8.42 Å². The van der Waals surface area contributed by atoms with Gasteiger partial charge in [-0.1, -0.05) is 24.3 Å². The number of carbonyl (C=O) groups excluding carboxylic acids is 1. The highest BCUT2D eigenvalue weighted by Gasteiger charge is 2.23. The molecule has 1 rings (SSSR count). The third kappa shape index (κ3) is 9.38. The number of rotatable bonds is 8. The van der Waals surface area contributed by atoms with E-state index in [-0.39, 0.29) is 13.0 Å². The van der Waals surface area contributed by atoms with E-state index in [1.165, 1.54) is 0 Å². The van der Waals surface area contributed by atoms with Crippen LogP contribution in [0, 0.1) is 0 Å². The van der Waals surface area contributed by atoms with Gasteiger partial charge in [0.1, 0.15) is 12.3 Å². The van der Waals surface area contributed by atoms with Gasteiger partial charge in [0.2, 0.25) is 0 Å². The minimum absolute atomic E-state index is 0.0333. The topological polar surface area (TPSA) is 110 Å². The number of benzene rings is 1. The van der Waals surface area contributed by atoms with Gasteiger partial charge < -0.3 is 9.84 Å². The van der Waals surface area contributed by atoms with Crippen LogP contribution in [-0.4, -0.2) is 49.1 Å². The molecular weight excluding hydrogens is 362 g/mol. The number of aryl methyl sites for hydroxylation is 1. The van der Waals surface area contributed by atoms with E-state index in [1.807, 2.05) is 0 Å². The molecule has 0 heterocycles. The normalized spacial score (nSPS) is 11.8. The van der Waals surface area contributed by atoms with E-state index in [2.05, 4.69) is 0 Å². The Morgan fingerprint density at radius 2 is 1.65 bits per heavy atom. The Morgan fingerprint density at radius 1 is 1.12 bits per heavy atom. The lowest BCUT2D eigenvalue weighted by atomic mass is 10.1. The number of nitrogens with zero attached hydrogens (tertiary/aromatic N) is 1. The summed E-state index contributed by atoms with van der Waals surface area (Å²) in [6.07, 6.45) is 0.641. The van der Waals surface area contributed by atoms with Crippen LogP contribution in [-0.2, 0) is 36.8 Å². The van der Waals surface area contributed by atoms with E-state index in [9.17, 15) is 18.0 Å². The molecule has 26 heavy (non-hydrogen) atoms. The van der Waals surface area contributed by atoms with Crippen molar-refractivity contribution >= 4 is 22.2 Å². The summed E-state index contributed by atoms with van der Waals surface area (Å²) in [4.78, 5) is 24.0. The monoisotopic (exact) mass is 387 g/mol. The van der Waals surface area contributed by atoms with Gasteiger partial charge in [-0.3, -0.25) is 9.69 Å². The van der Waals surface area contributed by atoms with Crippen molar-refractivity contribution in [3.8, 4) is 0 Å². The Kier molecular flexibility index (Phi) is 7.58. The largest absolute Gasteiger partial charge is 0.481 e. The average Bonchev–Trinajstić information content (AvgIpc) is 2.47. The molecule has 0 aliphatic heterocycles. The van der Waals surface area contributed by atoms with Crippen molar-refractivity contribution in [2.24, 2.45) is 0 Å². The molecule has 0 atom stereocenters. The van der Waals surface area contributed by atoms with Crippen molar-refractivity contribution in [3.05, 3.63) is 35.4 Å². The molecule has 1 N–H and O–H groups in total. The molecule has 1 aromatic rings. The number of carboxylic acid groups (broad SMARTS) is 1. The standard InChI is InChI=1S/C17H25NO7S/c1-17(2,3)25-16(21)18(12-24-26(4,22)23)11-14-7-5-13(6-8-14)9-10-15(19)20/h5-8H,9-12H2,1-4H3,(H,19,20). The number of aliphatic carboxylic acids is 1. The molecule has 0 bridgehead atoms. The highest BCUT2D eigenvalue weighted by atomic mass is 32.2. The number of hydrogen-bond donors (Lipinski definition) is 1. The third-order valence-electron chi connectivity index (χ3n) is 3.10. The first-order chi connectivity index (χ1) is 11.9. The van der Waals surface area contributed by atoms with Crippen LogP contribution in [0.3, 0.4) is 0 Å². The van der Waals surface area contributed by atoms with Crippen LogP contribution >= 0.6 is 0 Å². The molecule has 0 spiro atoms. The van der Waals surface area contributed by atoms with E-state index in [4.69, 9.17) is 14.0 Å². The molecule has 146 valence electrons. The molecule has 1 aromatic carbocycles. The predicted molar refractivity (Wildman–Crippen MR) is 95.0 cm³/mol. The molecule has 1 amide bonds. The van der Waals surface area contributed by atoms with Crippen LogP contribution in [0.4, 0.5) is 4.79 Å². The summed E-state index contributed by atoms with van der Waals surface area (Å²) in [7, 11) is -3.72. The second-order valence-electron chi connectivity index (χ2n) is 6.84. The van der Waals surface area contributed by atoms with E-state index in [1.54, 1.807) is 45.0 Å². The average molecular weight is 387 g/mol. The Bertz CT molecular complexity index is 720.